The van der Waals surface area contributed by atoms with Crippen molar-refractivity contribution in [2.45, 2.75) is 18.2 Å². The number of primary sulfonamides is 1. The average Bonchev–Trinajstić information content (AvgIpc) is 2.52. The molecule has 0 unspecified atom stereocenters. The SMILES string of the molecule is COC(=O)[C@H]1CCN1c1ncnc(Nc2cccc(CS(N)(=O)=O)c2)n1. The molecule has 26 heavy (non-hydrogen) atoms. The molecule has 1 aromatic heterocycles. The van der Waals surface area contributed by atoms with Gasteiger partial charge in [-0.15, -0.1) is 0 Å². The topological polar surface area (TPSA) is 140 Å². The summed E-state index contributed by atoms with van der Waals surface area (Å²) in [6.45, 7) is 0.646. The number of carbonyl (C=O) groups is 1. The fourth-order valence-corrected chi connectivity index (χ4v) is 3.24. The van der Waals surface area contributed by atoms with Gasteiger partial charge >= 0.3 is 5.97 Å². The highest BCUT2D eigenvalue weighted by Crippen LogP contribution is 2.25. The maximum absolute atomic E-state index is 11.7. The monoisotopic (exact) mass is 378 g/mol. The molecule has 2 heterocycles. The summed E-state index contributed by atoms with van der Waals surface area (Å²) in [5.74, 6) is 0.0458. The Hall–Kier alpha value is -2.79. The summed E-state index contributed by atoms with van der Waals surface area (Å²) in [6.07, 6.45) is 2.02. The standard InChI is InChI=1S/C15H18N6O4S/c1-25-13(22)12-5-6-21(12)15-18-9-17-14(20-15)19-11-4-2-3-10(7-11)8-26(16,23)24/h2-4,7,9,12H,5-6,8H2,1H3,(H2,16,23,24)(H,17,18,19,20)/t12-/m1/s1. The Balaban J connectivity index is 1.75. The number of sulfonamides is 1. The zero-order valence-corrected chi connectivity index (χ0v) is 14.8. The van der Waals surface area contributed by atoms with Gasteiger partial charge in [-0.3, -0.25) is 0 Å². The van der Waals surface area contributed by atoms with Gasteiger partial charge in [-0.2, -0.15) is 4.98 Å². The van der Waals surface area contributed by atoms with E-state index in [1.807, 2.05) is 0 Å². The molecule has 2 aromatic rings. The number of nitrogens with two attached hydrogens (primary N) is 1. The van der Waals surface area contributed by atoms with E-state index in [2.05, 4.69) is 20.3 Å². The Kier molecular flexibility index (Phi) is 5.00. The zero-order chi connectivity index (χ0) is 18.7. The Bertz CT molecular complexity index is 920. The Morgan fingerprint density at radius 3 is 2.88 bits per heavy atom. The zero-order valence-electron chi connectivity index (χ0n) is 14.0. The minimum atomic E-state index is -3.62. The lowest BCUT2D eigenvalue weighted by molar-refractivity contribution is -0.143. The highest BCUT2D eigenvalue weighted by molar-refractivity contribution is 7.88. The van der Waals surface area contributed by atoms with Gasteiger partial charge in [-0.05, 0) is 24.1 Å². The lowest BCUT2D eigenvalue weighted by Gasteiger charge is -2.38. The van der Waals surface area contributed by atoms with Crippen molar-refractivity contribution in [3.8, 4) is 0 Å². The van der Waals surface area contributed by atoms with Gasteiger partial charge in [0.2, 0.25) is 21.9 Å². The summed E-state index contributed by atoms with van der Waals surface area (Å²) in [7, 11) is -2.28. The summed E-state index contributed by atoms with van der Waals surface area (Å²) >= 11 is 0. The summed E-state index contributed by atoms with van der Waals surface area (Å²) in [5.41, 5.74) is 1.15. The van der Waals surface area contributed by atoms with Crippen LogP contribution >= 0.6 is 0 Å². The van der Waals surface area contributed by atoms with Gasteiger partial charge in [0.1, 0.15) is 12.4 Å². The predicted octanol–water partition coefficient (Wildman–Crippen LogP) is 0.155. The second-order valence-electron chi connectivity index (χ2n) is 5.76. The van der Waals surface area contributed by atoms with Crippen LogP contribution < -0.4 is 15.4 Å². The van der Waals surface area contributed by atoms with Crippen molar-refractivity contribution in [3.05, 3.63) is 36.2 Å². The number of rotatable bonds is 6. The van der Waals surface area contributed by atoms with Crippen LogP contribution in [0.5, 0.6) is 0 Å². The van der Waals surface area contributed by atoms with Crippen LogP contribution in [0.1, 0.15) is 12.0 Å². The van der Waals surface area contributed by atoms with E-state index >= 15 is 0 Å². The van der Waals surface area contributed by atoms with Crippen LogP contribution in [0.2, 0.25) is 0 Å². The van der Waals surface area contributed by atoms with Crippen molar-refractivity contribution < 1.29 is 17.9 Å². The maximum atomic E-state index is 11.7. The molecule has 1 saturated heterocycles. The average molecular weight is 378 g/mol. The molecular weight excluding hydrogens is 360 g/mol. The van der Waals surface area contributed by atoms with Crippen LogP contribution in [0.4, 0.5) is 17.6 Å². The molecule has 0 saturated carbocycles. The van der Waals surface area contributed by atoms with Crippen molar-refractivity contribution in [2.75, 3.05) is 23.9 Å². The molecule has 1 aliphatic heterocycles. The molecule has 0 aliphatic carbocycles. The van der Waals surface area contributed by atoms with Crippen LogP contribution in [-0.2, 0) is 25.3 Å². The molecule has 0 spiro atoms. The Labute approximate surface area is 150 Å². The first kappa shape index (κ1) is 18.0. The van der Waals surface area contributed by atoms with Gasteiger partial charge in [0, 0.05) is 12.2 Å². The highest BCUT2D eigenvalue weighted by atomic mass is 32.2. The molecule has 138 valence electrons. The van der Waals surface area contributed by atoms with E-state index < -0.39 is 16.1 Å². The third-order valence-electron chi connectivity index (χ3n) is 3.86. The van der Waals surface area contributed by atoms with Crippen LogP contribution in [0.15, 0.2) is 30.6 Å². The second kappa shape index (κ2) is 7.22. The first-order valence-corrected chi connectivity index (χ1v) is 9.47. The minimum Gasteiger partial charge on any atom is -0.467 e. The number of hydrogen-bond acceptors (Lipinski definition) is 9. The molecule has 0 bridgehead atoms. The summed E-state index contributed by atoms with van der Waals surface area (Å²) < 4.78 is 27.2. The van der Waals surface area contributed by atoms with Crippen molar-refractivity contribution in [1.29, 1.82) is 0 Å². The number of benzene rings is 1. The number of anilines is 3. The maximum Gasteiger partial charge on any atom is 0.328 e. The number of esters is 1. The second-order valence-corrected chi connectivity index (χ2v) is 7.38. The third kappa shape index (κ3) is 4.24. The summed E-state index contributed by atoms with van der Waals surface area (Å²) in [5, 5.41) is 8.06. The van der Waals surface area contributed by atoms with Crippen LogP contribution in [-0.4, -0.2) is 49.0 Å². The fraction of sp³-hybridized carbons (Fsp3) is 0.333. The molecule has 1 fully saturated rings. The number of hydrogen-bond donors (Lipinski definition) is 2. The van der Waals surface area contributed by atoms with Crippen LogP contribution in [0, 0.1) is 0 Å². The molecule has 10 nitrogen and oxygen atoms in total. The molecule has 1 atom stereocenters. The first-order valence-electron chi connectivity index (χ1n) is 7.75. The van der Waals surface area contributed by atoms with E-state index in [4.69, 9.17) is 9.88 Å². The lowest BCUT2D eigenvalue weighted by Crippen LogP contribution is -2.53. The molecule has 3 N–H and O–H groups in total. The Morgan fingerprint density at radius 1 is 1.42 bits per heavy atom. The van der Waals surface area contributed by atoms with Crippen LogP contribution in [0.25, 0.3) is 0 Å². The largest absolute Gasteiger partial charge is 0.467 e. The van der Waals surface area contributed by atoms with E-state index in [0.717, 1.165) is 0 Å². The minimum absolute atomic E-state index is 0.264. The first-order chi connectivity index (χ1) is 12.4. The highest BCUT2D eigenvalue weighted by Gasteiger charge is 2.36. The third-order valence-corrected chi connectivity index (χ3v) is 4.60. The molecule has 1 aliphatic rings. The molecular formula is C15H18N6O4S. The smallest absolute Gasteiger partial charge is 0.328 e. The number of methoxy groups -OCH3 is 1. The van der Waals surface area contributed by atoms with Gasteiger partial charge in [0.05, 0.1) is 12.9 Å². The molecule has 0 radical (unpaired) electrons. The van der Waals surface area contributed by atoms with Gasteiger partial charge in [0.25, 0.3) is 0 Å². The summed E-state index contributed by atoms with van der Waals surface area (Å²) in [4.78, 5) is 25.9. The number of nitrogens with zero attached hydrogens (tertiary/aromatic N) is 4. The van der Waals surface area contributed by atoms with E-state index in [1.54, 1.807) is 29.2 Å². The van der Waals surface area contributed by atoms with Gasteiger partial charge < -0.3 is 15.0 Å². The molecule has 1 aromatic carbocycles. The number of nitrogens with one attached hydrogen (secondary N) is 1. The number of ether oxygens (including phenoxy) is 1. The van der Waals surface area contributed by atoms with Gasteiger partial charge in [-0.1, -0.05) is 12.1 Å². The van der Waals surface area contributed by atoms with Crippen molar-refractivity contribution in [2.24, 2.45) is 5.14 Å². The predicted molar refractivity (Wildman–Crippen MR) is 94.1 cm³/mol. The van der Waals surface area contributed by atoms with E-state index in [9.17, 15) is 13.2 Å². The van der Waals surface area contributed by atoms with Crippen molar-refractivity contribution >= 4 is 33.6 Å². The lowest BCUT2D eigenvalue weighted by atomic mass is 10.0. The normalized spacial score (nSPS) is 16.7. The van der Waals surface area contributed by atoms with E-state index in [1.165, 1.54) is 13.4 Å². The molecule has 3 rings (SSSR count). The number of aromatic nitrogens is 3. The van der Waals surface area contributed by atoms with Crippen LogP contribution in [0.3, 0.4) is 0 Å². The van der Waals surface area contributed by atoms with Crippen molar-refractivity contribution in [1.82, 2.24) is 15.0 Å². The quantitative estimate of drug-likeness (QED) is 0.672. The van der Waals surface area contributed by atoms with E-state index in [-0.39, 0.29) is 17.7 Å². The van der Waals surface area contributed by atoms with Gasteiger partial charge in [-0.25, -0.2) is 28.3 Å². The summed E-state index contributed by atoms with van der Waals surface area (Å²) in [6, 6.07) is 6.36. The van der Waals surface area contributed by atoms with Gasteiger partial charge in [0.15, 0.2) is 0 Å². The Morgan fingerprint density at radius 2 is 2.23 bits per heavy atom. The molecule has 0 amide bonds. The van der Waals surface area contributed by atoms with Crippen molar-refractivity contribution in [3.63, 3.8) is 0 Å². The number of carbonyl (C=O) groups excluding carboxylic acids is 1. The molecule has 11 heteroatoms. The fourth-order valence-electron chi connectivity index (χ4n) is 2.59. The van der Waals surface area contributed by atoms with E-state index in [0.29, 0.717) is 30.2 Å².